The quantitative estimate of drug-likeness (QED) is 0.802. The second-order valence-electron chi connectivity index (χ2n) is 4.03. The third-order valence-electron chi connectivity index (χ3n) is 2.63. The minimum atomic E-state index is -0.0613. The summed E-state index contributed by atoms with van der Waals surface area (Å²) in [7, 11) is 0. The van der Waals surface area contributed by atoms with Crippen LogP contribution >= 0.6 is 0 Å². The molecule has 0 bridgehead atoms. The monoisotopic (exact) mass is 208 g/mol. The number of carbonyl (C=O) groups excluding carboxylic acids is 1. The van der Waals surface area contributed by atoms with Gasteiger partial charge in [-0.2, -0.15) is 0 Å². The average Bonchev–Trinajstić information content (AvgIpc) is 2.95. The molecule has 5 heteroatoms. The predicted molar refractivity (Wildman–Crippen MR) is 55.4 cm³/mol. The van der Waals surface area contributed by atoms with Crippen LogP contribution < -0.4 is 0 Å². The fourth-order valence-electron chi connectivity index (χ4n) is 1.55. The molecule has 1 N–H and O–H groups in total. The molecule has 0 unspecified atom stereocenters. The summed E-state index contributed by atoms with van der Waals surface area (Å²) in [6.45, 7) is 5.35. The average molecular weight is 208 g/mol. The number of aromatic nitrogens is 3. The molecule has 1 saturated carbocycles. The van der Waals surface area contributed by atoms with Gasteiger partial charge in [0.1, 0.15) is 5.82 Å². The Morgan fingerprint density at radius 3 is 2.80 bits per heavy atom. The zero-order valence-corrected chi connectivity index (χ0v) is 9.16. The van der Waals surface area contributed by atoms with Gasteiger partial charge in [0.25, 0.3) is 5.91 Å². The van der Waals surface area contributed by atoms with Crippen LogP contribution in [0.1, 0.15) is 36.2 Å². The van der Waals surface area contributed by atoms with Crippen molar-refractivity contribution >= 4 is 5.91 Å². The van der Waals surface area contributed by atoms with E-state index in [0.29, 0.717) is 11.7 Å². The van der Waals surface area contributed by atoms with E-state index in [1.54, 1.807) is 6.92 Å². The van der Waals surface area contributed by atoms with Gasteiger partial charge in [0, 0.05) is 13.1 Å². The van der Waals surface area contributed by atoms with E-state index >= 15 is 0 Å². The molecule has 0 aromatic carbocycles. The minimum Gasteiger partial charge on any atom is -0.336 e. The van der Waals surface area contributed by atoms with Gasteiger partial charge in [-0.15, -0.1) is 5.10 Å². The fourth-order valence-corrected chi connectivity index (χ4v) is 1.55. The lowest BCUT2D eigenvalue weighted by molar-refractivity contribution is 0.0745. The molecule has 0 saturated heterocycles. The van der Waals surface area contributed by atoms with E-state index in [4.69, 9.17) is 0 Å². The molecule has 1 aliphatic rings. The first-order valence-electron chi connectivity index (χ1n) is 5.39. The van der Waals surface area contributed by atoms with Crippen molar-refractivity contribution in [3.05, 3.63) is 11.6 Å². The molecule has 82 valence electrons. The van der Waals surface area contributed by atoms with Crippen LogP contribution in [0.5, 0.6) is 0 Å². The van der Waals surface area contributed by atoms with Gasteiger partial charge in [-0.05, 0) is 32.6 Å². The Balaban J connectivity index is 2.03. The summed E-state index contributed by atoms with van der Waals surface area (Å²) in [4.78, 5) is 17.8. The summed E-state index contributed by atoms with van der Waals surface area (Å²) in [5.41, 5.74) is 0. The summed E-state index contributed by atoms with van der Waals surface area (Å²) in [5.74, 6) is 1.61. The normalized spacial score (nSPS) is 15.3. The molecule has 0 aliphatic heterocycles. The molecule has 1 aliphatic carbocycles. The molecular weight excluding hydrogens is 192 g/mol. The molecule has 0 radical (unpaired) electrons. The third kappa shape index (κ3) is 2.34. The van der Waals surface area contributed by atoms with E-state index in [1.165, 1.54) is 12.8 Å². The number of carbonyl (C=O) groups is 1. The molecule has 1 fully saturated rings. The summed E-state index contributed by atoms with van der Waals surface area (Å²) in [6, 6.07) is 0. The molecule has 5 nitrogen and oxygen atoms in total. The highest BCUT2D eigenvalue weighted by Crippen LogP contribution is 2.29. The molecule has 1 amide bonds. The van der Waals surface area contributed by atoms with Gasteiger partial charge in [0.2, 0.25) is 5.82 Å². The molecule has 0 spiro atoms. The van der Waals surface area contributed by atoms with Crippen molar-refractivity contribution in [2.75, 3.05) is 13.1 Å². The summed E-state index contributed by atoms with van der Waals surface area (Å²) < 4.78 is 0. The number of rotatable bonds is 4. The van der Waals surface area contributed by atoms with E-state index in [1.807, 2.05) is 11.8 Å². The molecule has 1 heterocycles. The lowest BCUT2D eigenvalue weighted by atomic mass is 10.3. The van der Waals surface area contributed by atoms with Crippen molar-refractivity contribution in [1.29, 1.82) is 0 Å². The summed E-state index contributed by atoms with van der Waals surface area (Å²) in [6.07, 6.45) is 2.49. The molecule has 1 aromatic rings. The highest BCUT2D eigenvalue weighted by atomic mass is 16.2. The second-order valence-corrected chi connectivity index (χ2v) is 4.03. The smallest absolute Gasteiger partial charge is 0.293 e. The van der Waals surface area contributed by atoms with Gasteiger partial charge < -0.3 is 4.90 Å². The largest absolute Gasteiger partial charge is 0.336 e. The number of nitrogens with zero attached hydrogens (tertiary/aromatic N) is 3. The Hall–Kier alpha value is -1.39. The second kappa shape index (κ2) is 4.00. The molecular formula is C10H16N4O. The fraction of sp³-hybridized carbons (Fsp3) is 0.700. The Morgan fingerprint density at radius 2 is 2.33 bits per heavy atom. The lowest BCUT2D eigenvalue weighted by Gasteiger charge is -2.18. The van der Waals surface area contributed by atoms with Crippen molar-refractivity contribution in [2.24, 2.45) is 5.92 Å². The van der Waals surface area contributed by atoms with Crippen LogP contribution in [0.15, 0.2) is 0 Å². The Labute approximate surface area is 88.9 Å². The van der Waals surface area contributed by atoms with Crippen LogP contribution in [0.2, 0.25) is 0 Å². The standard InChI is InChI=1S/C10H16N4O/c1-3-14(6-8-4-5-8)10(15)9-11-7(2)12-13-9/h8H,3-6H2,1-2H3,(H,11,12,13). The van der Waals surface area contributed by atoms with Crippen LogP contribution in [0.25, 0.3) is 0 Å². The van der Waals surface area contributed by atoms with Crippen LogP contribution in [0, 0.1) is 12.8 Å². The van der Waals surface area contributed by atoms with Crippen molar-refractivity contribution in [3.8, 4) is 0 Å². The van der Waals surface area contributed by atoms with Crippen molar-refractivity contribution in [1.82, 2.24) is 20.1 Å². The first kappa shape index (κ1) is 10.1. The molecule has 15 heavy (non-hydrogen) atoms. The van der Waals surface area contributed by atoms with Crippen molar-refractivity contribution in [2.45, 2.75) is 26.7 Å². The van der Waals surface area contributed by atoms with Crippen molar-refractivity contribution < 1.29 is 4.79 Å². The number of hydrogen-bond acceptors (Lipinski definition) is 3. The van der Waals surface area contributed by atoms with E-state index < -0.39 is 0 Å². The van der Waals surface area contributed by atoms with E-state index in [-0.39, 0.29) is 11.7 Å². The maximum atomic E-state index is 11.9. The van der Waals surface area contributed by atoms with Crippen molar-refractivity contribution in [3.63, 3.8) is 0 Å². The summed E-state index contributed by atoms with van der Waals surface area (Å²) in [5, 5.41) is 6.57. The SMILES string of the molecule is CCN(CC1CC1)C(=O)c1n[nH]c(C)n1. The van der Waals surface area contributed by atoms with E-state index in [0.717, 1.165) is 13.1 Å². The maximum Gasteiger partial charge on any atom is 0.293 e. The van der Waals surface area contributed by atoms with Gasteiger partial charge in [-0.25, -0.2) is 4.98 Å². The Kier molecular flexibility index (Phi) is 2.70. The molecule has 2 rings (SSSR count). The number of amides is 1. The number of hydrogen-bond donors (Lipinski definition) is 1. The van der Waals surface area contributed by atoms with Crippen LogP contribution in [0.3, 0.4) is 0 Å². The van der Waals surface area contributed by atoms with Gasteiger partial charge in [-0.3, -0.25) is 9.89 Å². The maximum absolute atomic E-state index is 11.9. The van der Waals surface area contributed by atoms with Gasteiger partial charge in [0.05, 0.1) is 0 Å². The van der Waals surface area contributed by atoms with Crippen LogP contribution in [-0.2, 0) is 0 Å². The zero-order valence-electron chi connectivity index (χ0n) is 9.16. The number of aryl methyl sites for hydroxylation is 1. The van der Waals surface area contributed by atoms with Crippen LogP contribution in [0.4, 0.5) is 0 Å². The molecule has 0 atom stereocenters. The van der Waals surface area contributed by atoms with Gasteiger partial charge in [0.15, 0.2) is 0 Å². The zero-order chi connectivity index (χ0) is 10.8. The first-order chi connectivity index (χ1) is 7.20. The number of aromatic amines is 1. The highest BCUT2D eigenvalue weighted by Gasteiger charge is 2.27. The molecule has 1 aromatic heterocycles. The number of H-pyrrole nitrogens is 1. The minimum absolute atomic E-state index is 0.0613. The van der Waals surface area contributed by atoms with E-state index in [2.05, 4.69) is 15.2 Å². The topological polar surface area (TPSA) is 61.9 Å². The number of nitrogens with one attached hydrogen (secondary N) is 1. The van der Waals surface area contributed by atoms with Crippen LogP contribution in [-0.4, -0.2) is 39.1 Å². The van der Waals surface area contributed by atoms with Gasteiger partial charge in [-0.1, -0.05) is 0 Å². The van der Waals surface area contributed by atoms with E-state index in [9.17, 15) is 4.79 Å². The summed E-state index contributed by atoms with van der Waals surface area (Å²) >= 11 is 0. The van der Waals surface area contributed by atoms with Gasteiger partial charge >= 0.3 is 0 Å². The lowest BCUT2D eigenvalue weighted by Crippen LogP contribution is -2.33. The Morgan fingerprint density at radius 1 is 1.60 bits per heavy atom. The Bertz CT molecular complexity index is 356. The first-order valence-corrected chi connectivity index (χ1v) is 5.39. The highest BCUT2D eigenvalue weighted by molar-refractivity contribution is 5.90. The predicted octanol–water partition coefficient (Wildman–Crippen LogP) is 0.985. The third-order valence-corrected chi connectivity index (χ3v) is 2.63.